The molecular weight excluding hydrogens is 602 g/mol. The molecule has 0 aliphatic heterocycles. The molecule has 1 fully saturated rings. The maximum atomic E-state index is 14.2. The molecule has 1 saturated carbocycles. The van der Waals surface area contributed by atoms with Crippen molar-refractivity contribution in [3.8, 4) is 0 Å². The highest BCUT2D eigenvalue weighted by Crippen LogP contribution is 2.27. The van der Waals surface area contributed by atoms with E-state index in [1.807, 2.05) is 45.0 Å². The van der Waals surface area contributed by atoms with Gasteiger partial charge in [0, 0.05) is 17.1 Å². The lowest BCUT2D eigenvalue weighted by Crippen LogP contribution is -2.53. The molecule has 4 rings (SSSR count). The van der Waals surface area contributed by atoms with Crippen molar-refractivity contribution in [2.45, 2.75) is 76.4 Å². The normalized spacial score (nSPS) is 14.4. The maximum Gasteiger partial charge on any atom is 0.264 e. The SMILES string of the molecule is CC[C@H](C(=O)NC1CCCC1)N(Cc1ccccc1C)C(=O)CN(c1ccc(Br)cc1)S(=O)(=O)c1ccc(C)cc1. The van der Waals surface area contributed by atoms with Crippen molar-refractivity contribution in [2.75, 3.05) is 10.8 Å². The lowest BCUT2D eigenvalue weighted by molar-refractivity contribution is -0.140. The molecule has 218 valence electrons. The number of sulfonamides is 1. The van der Waals surface area contributed by atoms with Gasteiger partial charge in [-0.25, -0.2) is 8.42 Å². The highest BCUT2D eigenvalue weighted by molar-refractivity contribution is 9.10. The summed E-state index contributed by atoms with van der Waals surface area (Å²) in [6, 6.07) is 20.5. The van der Waals surface area contributed by atoms with Gasteiger partial charge in [-0.05, 0) is 80.6 Å². The molecule has 3 aromatic rings. The van der Waals surface area contributed by atoms with Crippen molar-refractivity contribution in [2.24, 2.45) is 0 Å². The first-order valence-corrected chi connectivity index (χ1v) is 16.3. The van der Waals surface area contributed by atoms with Crippen molar-refractivity contribution in [3.05, 3.63) is 94.0 Å². The molecule has 9 heteroatoms. The standard InChI is InChI=1S/C32H38BrN3O4S/c1-4-30(32(38)34-27-11-7-8-12-27)35(21-25-10-6-5-9-24(25)3)31(37)22-36(28-17-15-26(33)16-18-28)41(39,40)29-19-13-23(2)14-20-29/h5-6,9-10,13-20,27,30H,4,7-8,11-12,21-22H2,1-3H3,(H,34,38)/t30-/m1/s1. The number of carbonyl (C=O) groups is 2. The molecule has 1 aliphatic rings. The third-order valence-electron chi connectivity index (χ3n) is 7.69. The first-order valence-electron chi connectivity index (χ1n) is 14.1. The summed E-state index contributed by atoms with van der Waals surface area (Å²) in [4.78, 5) is 29.4. The third kappa shape index (κ3) is 7.57. The molecule has 0 saturated heterocycles. The van der Waals surface area contributed by atoms with E-state index in [4.69, 9.17) is 0 Å². The van der Waals surface area contributed by atoms with Gasteiger partial charge in [-0.3, -0.25) is 13.9 Å². The van der Waals surface area contributed by atoms with Crippen LogP contribution in [0.3, 0.4) is 0 Å². The second-order valence-electron chi connectivity index (χ2n) is 10.7. The summed E-state index contributed by atoms with van der Waals surface area (Å²) in [5.41, 5.74) is 3.19. The molecule has 1 N–H and O–H groups in total. The van der Waals surface area contributed by atoms with Gasteiger partial charge in [0.25, 0.3) is 10.0 Å². The summed E-state index contributed by atoms with van der Waals surface area (Å²) in [6.45, 7) is 5.48. The average molecular weight is 641 g/mol. The van der Waals surface area contributed by atoms with E-state index < -0.39 is 28.5 Å². The Bertz CT molecular complexity index is 1450. The van der Waals surface area contributed by atoms with Gasteiger partial charge in [-0.15, -0.1) is 0 Å². The molecule has 0 bridgehead atoms. The zero-order valence-electron chi connectivity index (χ0n) is 23.8. The van der Waals surface area contributed by atoms with Gasteiger partial charge in [0.05, 0.1) is 10.6 Å². The van der Waals surface area contributed by atoms with Gasteiger partial charge in [0.2, 0.25) is 11.8 Å². The number of aryl methyl sites for hydroxylation is 2. The molecule has 2 amide bonds. The monoisotopic (exact) mass is 639 g/mol. The Hall–Kier alpha value is -3.17. The fraction of sp³-hybridized carbons (Fsp3) is 0.375. The fourth-order valence-electron chi connectivity index (χ4n) is 5.23. The summed E-state index contributed by atoms with van der Waals surface area (Å²) in [5, 5.41) is 3.15. The Balaban J connectivity index is 1.72. The molecule has 3 aromatic carbocycles. The fourth-order valence-corrected chi connectivity index (χ4v) is 6.91. The van der Waals surface area contributed by atoms with Crippen LogP contribution in [0.1, 0.15) is 55.7 Å². The van der Waals surface area contributed by atoms with E-state index >= 15 is 0 Å². The molecule has 7 nitrogen and oxygen atoms in total. The van der Waals surface area contributed by atoms with Crippen LogP contribution in [0.25, 0.3) is 0 Å². The van der Waals surface area contributed by atoms with Crippen molar-refractivity contribution < 1.29 is 18.0 Å². The van der Waals surface area contributed by atoms with Crippen LogP contribution in [0, 0.1) is 13.8 Å². The highest BCUT2D eigenvalue weighted by Gasteiger charge is 2.34. The van der Waals surface area contributed by atoms with E-state index in [9.17, 15) is 18.0 Å². The quantitative estimate of drug-likeness (QED) is 0.274. The Morgan fingerprint density at radius 2 is 1.59 bits per heavy atom. The van der Waals surface area contributed by atoms with Gasteiger partial charge < -0.3 is 10.2 Å². The number of rotatable bonds is 11. The number of hydrogen-bond donors (Lipinski definition) is 1. The molecule has 41 heavy (non-hydrogen) atoms. The van der Waals surface area contributed by atoms with Crippen molar-refractivity contribution in [1.29, 1.82) is 0 Å². The molecule has 1 aliphatic carbocycles. The van der Waals surface area contributed by atoms with Crippen LogP contribution in [0.2, 0.25) is 0 Å². The predicted octanol–water partition coefficient (Wildman–Crippen LogP) is 6.13. The van der Waals surface area contributed by atoms with Gasteiger partial charge in [0.1, 0.15) is 12.6 Å². The molecule has 0 radical (unpaired) electrons. The number of carbonyl (C=O) groups excluding carboxylic acids is 2. The Morgan fingerprint density at radius 3 is 2.20 bits per heavy atom. The van der Waals surface area contributed by atoms with E-state index in [0.717, 1.165) is 51.2 Å². The number of amides is 2. The first kappa shape index (κ1) is 30.8. The van der Waals surface area contributed by atoms with Crippen LogP contribution in [0.5, 0.6) is 0 Å². The topological polar surface area (TPSA) is 86.8 Å². The number of halogens is 1. The van der Waals surface area contributed by atoms with E-state index in [2.05, 4.69) is 21.2 Å². The number of nitrogens with zero attached hydrogens (tertiary/aromatic N) is 2. The minimum Gasteiger partial charge on any atom is -0.352 e. The van der Waals surface area contributed by atoms with E-state index in [1.54, 1.807) is 53.4 Å². The van der Waals surface area contributed by atoms with E-state index in [-0.39, 0.29) is 23.4 Å². The van der Waals surface area contributed by atoms with Gasteiger partial charge in [0.15, 0.2) is 0 Å². The number of benzene rings is 3. The van der Waals surface area contributed by atoms with Gasteiger partial charge in [-0.2, -0.15) is 0 Å². The predicted molar refractivity (Wildman–Crippen MR) is 166 cm³/mol. The van der Waals surface area contributed by atoms with Gasteiger partial charge in [-0.1, -0.05) is 77.7 Å². The number of anilines is 1. The molecule has 0 heterocycles. The summed E-state index contributed by atoms with van der Waals surface area (Å²) >= 11 is 3.41. The molecular formula is C32H38BrN3O4S. The van der Waals surface area contributed by atoms with Crippen LogP contribution < -0.4 is 9.62 Å². The van der Waals surface area contributed by atoms with Crippen LogP contribution >= 0.6 is 15.9 Å². The molecule has 0 aromatic heterocycles. The summed E-state index contributed by atoms with van der Waals surface area (Å²) in [7, 11) is -4.09. The lowest BCUT2D eigenvalue weighted by atomic mass is 10.1. The zero-order chi connectivity index (χ0) is 29.6. The van der Waals surface area contributed by atoms with Crippen molar-refractivity contribution in [3.63, 3.8) is 0 Å². The summed E-state index contributed by atoms with van der Waals surface area (Å²) < 4.78 is 29.9. The van der Waals surface area contributed by atoms with Crippen LogP contribution in [-0.2, 0) is 26.2 Å². The largest absolute Gasteiger partial charge is 0.352 e. The maximum absolute atomic E-state index is 14.2. The molecule has 0 unspecified atom stereocenters. The third-order valence-corrected chi connectivity index (χ3v) is 10.0. The van der Waals surface area contributed by atoms with Crippen LogP contribution in [0.15, 0.2) is 82.2 Å². The van der Waals surface area contributed by atoms with Crippen molar-refractivity contribution >= 4 is 43.5 Å². The minimum atomic E-state index is -4.09. The first-order chi connectivity index (χ1) is 19.6. The summed E-state index contributed by atoms with van der Waals surface area (Å²) in [6.07, 6.45) is 4.42. The lowest BCUT2D eigenvalue weighted by Gasteiger charge is -2.34. The van der Waals surface area contributed by atoms with E-state index in [0.29, 0.717) is 12.1 Å². The molecule has 1 atom stereocenters. The van der Waals surface area contributed by atoms with Gasteiger partial charge >= 0.3 is 0 Å². The second kappa shape index (κ2) is 13.7. The number of nitrogens with one attached hydrogen (secondary N) is 1. The average Bonchev–Trinajstić information content (AvgIpc) is 3.46. The Morgan fingerprint density at radius 1 is 0.951 bits per heavy atom. The Labute approximate surface area is 252 Å². The zero-order valence-corrected chi connectivity index (χ0v) is 26.2. The molecule has 0 spiro atoms. The smallest absolute Gasteiger partial charge is 0.264 e. The van der Waals surface area contributed by atoms with Crippen LogP contribution in [0.4, 0.5) is 5.69 Å². The Kier molecular flexibility index (Phi) is 10.3. The van der Waals surface area contributed by atoms with Crippen LogP contribution in [-0.4, -0.2) is 43.8 Å². The number of hydrogen-bond acceptors (Lipinski definition) is 4. The highest BCUT2D eigenvalue weighted by atomic mass is 79.9. The second-order valence-corrected chi connectivity index (χ2v) is 13.4. The summed E-state index contributed by atoms with van der Waals surface area (Å²) in [5.74, 6) is -0.641. The van der Waals surface area contributed by atoms with E-state index in [1.165, 1.54) is 0 Å². The minimum absolute atomic E-state index is 0.0929. The van der Waals surface area contributed by atoms with Crippen molar-refractivity contribution in [1.82, 2.24) is 10.2 Å².